The number of rotatable bonds is 9. The lowest BCUT2D eigenvalue weighted by Crippen LogP contribution is -2.40. The molecule has 0 spiro atoms. The number of esters is 1. The number of methoxy groups -OCH3 is 1. The van der Waals surface area contributed by atoms with Gasteiger partial charge in [-0.2, -0.15) is 4.98 Å². The quantitative estimate of drug-likeness (QED) is 0.167. The van der Waals surface area contributed by atoms with Crippen LogP contribution in [0, 0.1) is 17.0 Å². The highest BCUT2D eigenvalue weighted by atomic mass is 19.1. The van der Waals surface area contributed by atoms with Gasteiger partial charge < -0.3 is 24.1 Å². The number of anilines is 2. The van der Waals surface area contributed by atoms with Crippen molar-refractivity contribution in [3.8, 4) is 5.75 Å². The minimum Gasteiger partial charge on any atom is -0.485 e. The van der Waals surface area contributed by atoms with Gasteiger partial charge in [-0.25, -0.2) is 9.18 Å². The Balaban J connectivity index is 1.26. The lowest BCUT2D eigenvalue weighted by molar-refractivity contribution is -0.385. The Bertz CT molecular complexity index is 1620. The Labute approximate surface area is 234 Å². The average Bonchev–Trinajstić information content (AvgIpc) is 3.54. The van der Waals surface area contributed by atoms with E-state index in [0.29, 0.717) is 22.7 Å². The first-order valence-electron chi connectivity index (χ1n) is 12.9. The molecule has 1 saturated heterocycles. The minimum absolute atomic E-state index is 0.00477. The molecule has 1 aromatic heterocycles. The van der Waals surface area contributed by atoms with Gasteiger partial charge in [-0.1, -0.05) is 24.3 Å². The summed E-state index contributed by atoms with van der Waals surface area (Å²) in [6.07, 6.45) is -1.22. The molecule has 0 unspecified atom stereocenters. The third-order valence-electron chi connectivity index (χ3n) is 6.89. The van der Waals surface area contributed by atoms with Gasteiger partial charge in [0.1, 0.15) is 18.3 Å². The maximum absolute atomic E-state index is 14.4. The van der Waals surface area contributed by atoms with Crippen molar-refractivity contribution in [3.63, 3.8) is 0 Å². The second kappa shape index (κ2) is 11.6. The van der Waals surface area contributed by atoms with Crippen LogP contribution < -0.4 is 10.1 Å². The van der Waals surface area contributed by atoms with Crippen molar-refractivity contribution in [2.45, 2.75) is 32.0 Å². The molecule has 1 N–H and O–H groups in total. The summed E-state index contributed by atoms with van der Waals surface area (Å²) in [4.78, 5) is 41.7. The number of nitro benzene ring substituents is 1. The van der Waals surface area contributed by atoms with Gasteiger partial charge in [-0.3, -0.25) is 14.9 Å². The number of carbonyl (C=O) groups excluding carboxylic acids is 2. The number of benzene rings is 3. The molecule has 11 nitrogen and oxygen atoms in total. The summed E-state index contributed by atoms with van der Waals surface area (Å²) in [5, 5.41) is 14.7. The average molecular weight is 563 g/mol. The number of ether oxygens (including phenoxy) is 2. The Hall–Kier alpha value is -5.00. The van der Waals surface area contributed by atoms with Crippen molar-refractivity contribution in [3.05, 3.63) is 87.5 Å². The van der Waals surface area contributed by atoms with Gasteiger partial charge in [0.15, 0.2) is 11.3 Å². The first kappa shape index (κ1) is 27.6. The van der Waals surface area contributed by atoms with Crippen LogP contribution in [0.2, 0.25) is 0 Å². The Morgan fingerprint density at radius 2 is 2.00 bits per heavy atom. The molecule has 1 aliphatic rings. The number of carbonyl (C=O) groups is 2. The molecule has 3 aromatic carbocycles. The number of nitrogens with zero attached hydrogens (tertiary/aromatic N) is 3. The predicted molar refractivity (Wildman–Crippen MR) is 147 cm³/mol. The zero-order chi connectivity index (χ0) is 29.1. The Morgan fingerprint density at radius 3 is 2.76 bits per heavy atom. The molecule has 1 fully saturated rings. The number of halogens is 1. The van der Waals surface area contributed by atoms with Crippen LogP contribution in [0.3, 0.4) is 0 Å². The van der Waals surface area contributed by atoms with Gasteiger partial charge in [0.25, 0.3) is 6.01 Å². The number of amides is 1. The fourth-order valence-electron chi connectivity index (χ4n) is 4.77. The van der Waals surface area contributed by atoms with Crippen LogP contribution in [0.1, 0.15) is 27.9 Å². The Kier molecular flexibility index (Phi) is 7.81. The molecule has 0 saturated carbocycles. The highest BCUT2D eigenvalue weighted by molar-refractivity contribution is 5.90. The van der Waals surface area contributed by atoms with Gasteiger partial charge >= 0.3 is 11.7 Å². The maximum atomic E-state index is 14.4. The third-order valence-corrected chi connectivity index (χ3v) is 6.89. The number of likely N-dealkylation sites (tertiary alicyclic amines) is 1. The topological polar surface area (TPSA) is 137 Å². The molecule has 0 bridgehead atoms. The fourth-order valence-corrected chi connectivity index (χ4v) is 4.77. The number of nitrogens with one attached hydrogen (secondary N) is 1. The van der Waals surface area contributed by atoms with Crippen molar-refractivity contribution >= 4 is 40.4 Å². The van der Waals surface area contributed by atoms with E-state index in [1.165, 1.54) is 24.1 Å². The van der Waals surface area contributed by atoms with Crippen LogP contribution >= 0.6 is 0 Å². The first-order valence-corrected chi connectivity index (χ1v) is 12.9. The molecule has 41 heavy (non-hydrogen) atoms. The molecular formula is C29H27FN4O7. The molecule has 1 aliphatic heterocycles. The van der Waals surface area contributed by atoms with Crippen LogP contribution in [0.5, 0.6) is 5.75 Å². The largest absolute Gasteiger partial charge is 0.485 e. The number of para-hydroxylation sites is 1. The molecule has 212 valence electrons. The Morgan fingerprint density at radius 1 is 1.20 bits per heavy atom. The van der Waals surface area contributed by atoms with Crippen LogP contribution in [0.4, 0.5) is 21.8 Å². The van der Waals surface area contributed by atoms with Gasteiger partial charge in [0.2, 0.25) is 5.91 Å². The second-order valence-corrected chi connectivity index (χ2v) is 9.71. The summed E-state index contributed by atoms with van der Waals surface area (Å²) >= 11 is 0. The van der Waals surface area contributed by atoms with Crippen molar-refractivity contribution in [1.82, 2.24) is 9.88 Å². The van der Waals surface area contributed by atoms with Crippen LogP contribution in [0.15, 0.2) is 65.1 Å². The summed E-state index contributed by atoms with van der Waals surface area (Å²) in [5.74, 6) is -1.13. The minimum atomic E-state index is -1.25. The van der Waals surface area contributed by atoms with Crippen molar-refractivity contribution in [1.29, 1.82) is 0 Å². The fraction of sp³-hybridized carbons (Fsp3) is 0.276. The first-order chi connectivity index (χ1) is 19.7. The van der Waals surface area contributed by atoms with Crippen LogP contribution in [-0.2, 0) is 16.0 Å². The molecule has 4 aromatic rings. The molecule has 12 heteroatoms. The molecule has 2 atom stereocenters. The number of nitro groups is 1. The molecule has 2 heterocycles. The molecule has 0 radical (unpaired) electrons. The van der Waals surface area contributed by atoms with Crippen molar-refractivity contribution in [2.75, 3.05) is 25.6 Å². The highest BCUT2D eigenvalue weighted by Crippen LogP contribution is 2.31. The smallest absolute Gasteiger partial charge is 0.338 e. The van der Waals surface area contributed by atoms with Gasteiger partial charge in [0.05, 0.1) is 36.6 Å². The van der Waals surface area contributed by atoms with E-state index in [0.717, 1.165) is 17.3 Å². The summed E-state index contributed by atoms with van der Waals surface area (Å²) in [6.45, 7) is 1.71. The van der Waals surface area contributed by atoms with E-state index in [1.807, 2.05) is 31.2 Å². The number of aromatic nitrogens is 1. The second-order valence-electron chi connectivity index (χ2n) is 9.71. The molecule has 5 rings (SSSR count). The number of oxazole rings is 1. The van der Waals surface area contributed by atoms with E-state index in [9.17, 15) is 24.1 Å². The molecule has 0 aliphatic carbocycles. The highest BCUT2D eigenvalue weighted by Gasteiger charge is 2.36. The zero-order valence-electron chi connectivity index (χ0n) is 22.3. The van der Waals surface area contributed by atoms with E-state index in [2.05, 4.69) is 15.0 Å². The number of aryl methyl sites for hydroxylation is 1. The lowest BCUT2D eigenvalue weighted by Gasteiger charge is -2.24. The molecular weight excluding hydrogens is 535 g/mol. The summed E-state index contributed by atoms with van der Waals surface area (Å²) in [5.41, 5.74) is 3.24. The normalized spacial score (nSPS) is 16.5. The van der Waals surface area contributed by atoms with E-state index in [1.54, 1.807) is 18.2 Å². The van der Waals surface area contributed by atoms with E-state index in [4.69, 9.17) is 9.15 Å². The maximum Gasteiger partial charge on any atom is 0.338 e. The van der Waals surface area contributed by atoms with E-state index >= 15 is 0 Å². The number of fused-ring (bicyclic) bond motifs is 1. The van der Waals surface area contributed by atoms with Gasteiger partial charge in [-0.05, 0) is 48.4 Å². The standard InChI is InChI=1S/C29H27FN4O7/c1-17-5-3-4-6-22(17)31-29-32-23-9-7-18(11-26(23)41-29)12-27(35)33-15-20(30)14-21(33)16-40-25-10-8-19(28(36)39-2)13-24(25)34(37)38/h3-11,13,20-21H,12,14-16H2,1-2H3,(H,31,32)/t20-,21-/m0/s1. The summed E-state index contributed by atoms with van der Waals surface area (Å²) in [7, 11) is 1.17. The van der Waals surface area contributed by atoms with E-state index < -0.39 is 28.8 Å². The zero-order valence-corrected chi connectivity index (χ0v) is 22.3. The third kappa shape index (κ3) is 6.11. The lowest BCUT2D eigenvalue weighted by atomic mass is 10.1. The predicted octanol–water partition coefficient (Wildman–Crippen LogP) is 5.14. The monoisotopic (exact) mass is 562 g/mol. The number of alkyl halides is 1. The van der Waals surface area contributed by atoms with Crippen LogP contribution in [-0.4, -0.2) is 59.2 Å². The number of hydrogen-bond donors (Lipinski definition) is 1. The van der Waals surface area contributed by atoms with E-state index in [-0.39, 0.29) is 43.2 Å². The summed E-state index contributed by atoms with van der Waals surface area (Å²) < 4.78 is 30.5. The van der Waals surface area contributed by atoms with Crippen LogP contribution in [0.25, 0.3) is 11.1 Å². The van der Waals surface area contributed by atoms with Gasteiger partial charge in [-0.15, -0.1) is 0 Å². The molecule has 1 amide bonds. The van der Waals surface area contributed by atoms with Crippen molar-refractivity contribution in [2.24, 2.45) is 0 Å². The summed E-state index contributed by atoms with van der Waals surface area (Å²) in [6, 6.07) is 16.3. The number of hydrogen-bond acceptors (Lipinski definition) is 9. The SMILES string of the molecule is COC(=O)c1ccc(OC[C@@H]2C[C@H](F)CN2C(=O)Cc2ccc3nc(Nc4ccccc4C)oc3c2)c([N+](=O)[O-])c1. The van der Waals surface area contributed by atoms with Crippen molar-refractivity contribution < 1.29 is 32.8 Å². The van der Waals surface area contributed by atoms with Gasteiger partial charge in [0, 0.05) is 18.2 Å².